The van der Waals surface area contributed by atoms with Crippen LogP contribution in [0.15, 0.2) is 0 Å². The molecule has 0 bridgehead atoms. The number of hydrogen-bond donors (Lipinski definition) is 1. The van der Waals surface area contributed by atoms with Crippen molar-refractivity contribution >= 4 is 18.7 Å². The first-order valence-electron chi connectivity index (χ1n) is 4.88. The summed E-state index contributed by atoms with van der Waals surface area (Å²) in [5.41, 5.74) is 0. The van der Waals surface area contributed by atoms with Crippen molar-refractivity contribution in [3.05, 3.63) is 0 Å². The lowest BCUT2D eigenvalue weighted by Gasteiger charge is -2.32. The highest BCUT2D eigenvalue weighted by atomic mass is 32.2. The summed E-state index contributed by atoms with van der Waals surface area (Å²) < 4.78 is 29.6. The minimum atomic E-state index is -3.75. The number of nitrogens with zero attached hydrogens (tertiary/aromatic N) is 1. The molecule has 0 spiro atoms. The molecule has 1 fully saturated rings. The lowest BCUT2D eigenvalue weighted by atomic mass is 10.1. The molecule has 0 aromatic rings. The van der Waals surface area contributed by atoms with Gasteiger partial charge in [-0.1, -0.05) is 6.42 Å². The fourth-order valence-corrected chi connectivity index (χ4v) is 4.37. The third-order valence-corrected chi connectivity index (χ3v) is 5.33. The van der Waals surface area contributed by atoms with Gasteiger partial charge < -0.3 is 0 Å². The molecule has 2 atom stereocenters. The fourth-order valence-electron chi connectivity index (χ4n) is 1.69. The number of hydrogen-bond acceptors (Lipinski definition) is 3. The Bertz CT molecular complexity index is 268. The van der Waals surface area contributed by atoms with Gasteiger partial charge in [-0.25, -0.2) is 0 Å². The molecule has 14 heavy (non-hydrogen) atoms. The highest BCUT2D eigenvalue weighted by molar-refractivity contribution is 7.86. The minimum Gasteiger partial charge on any atom is -0.300 e. The quantitative estimate of drug-likeness (QED) is 0.587. The van der Waals surface area contributed by atoms with E-state index in [2.05, 4.69) is 11.9 Å². The van der Waals surface area contributed by atoms with Crippen molar-refractivity contribution < 1.29 is 13.0 Å². The molecule has 1 aliphatic rings. The Morgan fingerprint density at radius 1 is 1.50 bits per heavy atom. The van der Waals surface area contributed by atoms with E-state index in [1.807, 2.05) is 0 Å². The van der Waals surface area contributed by atoms with E-state index in [4.69, 9.17) is 4.55 Å². The van der Waals surface area contributed by atoms with Gasteiger partial charge in [-0.05, 0) is 32.6 Å². The maximum absolute atomic E-state index is 10.5. The fraction of sp³-hybridized carbons (Fsp3) is 1.00. The van der Waals surface area contributed by atoms with Crippen molar-refractivity contribution in [2.45, 2.75) is 25.0 Å². The maximum Gasteiger partial charge on any atom is 0.265 e. The van der Waals surface area contributed by atoms with E-state index < -0.39 is 10.1 Å². The molecule has 0 aliphatic carbocycles. The van der Waals surface area contributed by atoms with E-state index in [0.29, 0.717) is 20.5 Å². The van der Waals surface area contributed by atoms with E-state index in [1.165, 1.54) is 19.3 Å². The normalized spacial score (nSPS) is 26.0. The maximum atomic E-state index is 10.5. The topological polar surface area (TPSA) is 57.6 Å². The first kappa shape index (κ1) is 12.4. The van der Waals surface area contributed by atoms with Crippen LogP contribution in [0.3, 0.4) is 0 Å². The second kappa shape index (κ2) is 5.40. The van der Waals surface area contributed by atoms with Gasteiger partial charge in [0.1, 0.15) is 0 Å². The average Bonchev–Trinajstić information content (AvgIpc) is 2.06. The van der Waals surface area contributed by atoms with E-state index in [1.54, 1.807) is 0 Å². The van der Waals surface area contributed by atoms with Gasteiger partial charge in [-0.3, -0.25) is 9.45 Å². The van der Waals surface area contributed by atoms with Crippen molar-refractivity contribution in [2.75, 3.05) is 25.5 Å². The van der Waals surface area contributed by atoms with Crippen molar-refractivity contribution in [1.82, 2.24) is 4.90 Å². The lowest BCUT2D eigenvalue weighted by Crippen LogP contribution is -2.33. The zero-order valence-corrected chi connectivity index (χ0v) is 10.3. The van der Waals surface area contributed by atoms with Gasteiger partial charge in [-0.2, -0.15) is 8.42 Å². The SMILES string of the molecule is CN1CCCCC1PCCS(=O)(=O)O. The van der Waals surface area contributed by atoms with Gasteiger partial charge in [0.15, 0.2) is 0 Å². The average molecular weight is 239 g/mol. The van der Waals surface area contributed by atoms with Crippen LogP contribution in [0.1, 0.15) is 19.3 Å². The molecule has 0 amide bonds. The van der Waals surface area contributed by atoms with Crippen LogP contribution in [-0.2, 0) is 10.1 Å². The second-order valence-electron chi connectivity index (χ2n) is 3.73. The Labute approximate surface area is 87.6 Å². The zero-order chi connectivity index (χ0) is 10.6. The first-order valence-corrected chi connectivity index (χ1v) is 7.77. The van der Waals surface area contributed by atoms with Crippen LogP contribution in [0, 0.1) is 0 Å². The third kappa shape index (κ3) is 4.69. The molecule has 1 saturated heterocycles. The summed E-state index contributed by atoms with van der Waals surface area (Å²) in [7, 11) is -1.04. The third-order valence-electron chi connectivity index (χ3n) is 2.51. The molecule has 2 unspecified atom stereocenters. The van der Waals surface area contributed by atoms with Crippen molar-refractivity contribution in [3.63, 3.8) is 0 Å². The molecule has 0 radical (unpaired) electrons. The summed E-state index contributed by atoms with van der Waals surface area (Å²) >= 11 is 0. The molecular formula is C8H18NO3PS. The molecule has 0 saturated carbocycles. The standard InChI is InChI=1S/C8H18NO3PS/c1-9-5-3-2-4-8(9)13-6-7-14(10,11)12/h8,13H,2-7H2,1H3,(H,10,11,12). The van der Waals surface area contributed by atoms with Gasteiger partial charge in [0.05, 0.1) is 5.75 Å². The van der Waals surface area contributed by atoms with E-state index in [-0.39, 0.29) is 5.75 Å². The molecule has 1 rings (SSSR count). The molecule has 1 heterocycles. The van der Waals surface area contributed by atoms with Gasteiger partial charge >= 0.3 is 0 Å². The number of rotatable bonds is 4. The molecule has 1 aliphatic heterocycles. The van der Waals surface area contributed by atoms with Crippen LogP contribution in [0.2, 0.25) is 0 Å². The van der Waals surface area contributed by atoms with E-state index in [9.17, 15) is 8.42 Å². The molecule has 0 aromatic carbocycles. The Kier molecular flexibility index (Phi) is 4.77. The second-order valence-corrected chi connectivity index (χ2v) is 6.88. The smallest absolute Gasteiger partial charge is 0.265 e. The zero-order valence-electron chi connectivity index (χ0n) is 8.44. The predicted molar refractivity (Wildman–Crippen MR) is 59.9 cm³/mol. The largest absolute Gasteiger partial charge is 0.300 e. The van der Waals surface area contributed by atoms with E-state index in [0.717, 1.165) is 6.54 Å². The van der Waals surface area contributed by atoms with Gasteiger partial charge in [0, 0.05) is 5.78 Å². The number of likely N-dealkylation sites (tertiary alicyclic amines) is 1. The summed E-state index contributed by atoms with van der Waals surface area (Å²) in [6.07, 6.45) is 4.25. The van der Waals surface area contributed by atoms with Crippen molar-refractivity contribution in [2.24, 2.45) is 0 Å². The van der Waals surface area contributed by atoms with Gasteiger partial charge in [0.2, 0.25) is 0 Å². The monoisotopic (exact) mass is 239 g/mol. The van der Waals surface area contributed by atoms with E-state index >= 15 is 0 Å². The molecule has 1 N–H and O–H groups in total. The lowest BCUT2D eigenvalue weighted by molar-refractivity contribution is 0.249. The summed E-state index contributed by atoms with van der Waals surface area (Å²) in [6.45, 7) is 1.11. The van der Waals surface area contributed by atoms with Crippen LogP contribution in [0.4, 0.5) is 0 Å². The Morgan fingerprint density at radius 3 is 2.79 bits per heavy atom. The predicted octanol–water partition coefficient (Wildman–Crippen LogP) is 0.994. The van der Waals surface area contributed by atoms with Crippen molar-refractivity contribution in [3.8, 4) is 0 Å². The van der Waals surface area contributed by atoms with Crippen LogP contribution < -0.4 is 0 Å². The van der Waals surface area contributed by atoms with Gasteiger partial charge in [0.25, 0.3) is 10.1 Å². The summed E-state index contributed by atoms with van der Waals surface area (Å²) in [4.78, 5) is 2.30. The first-order chi connectivity index (χ1) is 6.49. The summed E-state index contributed by atoms with van der Waals surface area (Å²) in [6, 6.07) is 0. The van der Waals surface area contributed by atoms with Crippen LogP contribution in [-0.4, -0.2) is 49.2 Å². The molecular weight excluding hydrogens is 221 g/mol. The summed E-state index contributed by atoms with van der Waals surface area (Å²) in [5, 5.41) is 0. The summed E-state index contributed by atoms with van der Waals surface area (Å²) in [5.74, 6) is 0.445. The van der Waals surface area contributed by atoms with Crippen LogP contribution in [0.25, 0.3) is 0 Å². The molecule has 84 valence electrons. The van der Waals surface area contributed by atoms with Crippen molar-refractivity contribution in [1.29, 1.82) is 0 Å². The Hall–Kier alpha value is 0.300. The molecule has 0 aromatic heterocycles. The number of piperidine rings is 1. The van der Waals surface area contributed by atoms with Crippen LogP contribution >= 0.6 is 8.58 Å². The molecule has 6 heteroatoms. The Morgan fingerprint density at radius 2 is 2.21 bits per heavy atom. The van der Waals surface area contributed by atoms with Crippen LogP contribution in [0.5, 0.6) is 0 Å². The molecule has 4 nitrogen and oxygen atoms in total. The highest BCUT2D eigenvalue weighted by Crippen LogP contribution is 2.29. The highest BCUT2D eigenvalue weighted by Gasteiger charge is 2.18. The van der Waals surface area contributed by atoms with Gasteiger partial charge in [-0.15, -0.1) is 8.58 Å². The minimum absolute atomic E-state index is 0.0875. The Balaban J connectivity index is 2.23.